The Kier molecular flexibility index (Phi) is 3.87. The minimum Gasteiger partial charge on any atom is -0.378 e. The SMILES string of the molecule is CC1CCC(Nc2cccc(N(C)C)c2)c2ccccc21. The first-order chi connectivity index (χ1) is 10.1. The number of anilines is 2. The maximum absolute atomic E-state index is 3.73. The van der Waals surface area contributed by atoms with Crippen LogP contribution in [0.25, 0.3) is 0 Å². The summed E-state index contributed by atoms with van der Waals surface area (Å²) in [4.78, 5) is 2.14. The fraction of sp³-hybridized carbons (Fsp3) is 0.368. The first-order valence-corrected chi connectivity index (χ1v) is 7.78. The second-order valence-corrected chi connectivity index (χ2v) is 6.25. The van der Waals surface area contributed by atoms with Gasteiger partial charge < -0.3 is 10.2 Å². The van der Waals surface area contributed by atoms with Crippen molar-refractivity contribution in [1.82, 2.24) is 0 Å². The Hall–Kier alpha value is -1.96. The zero-order valence-corrected chi connectivity index (χ0v) is 13.1. The third kappa shape index (κ3) is 2.90. The maximum atomic E-state index is 3.73. The van der Waals surface area contributed by atoms with Crippen molar-refractivity contribution in [3.8, 4) is 0 Å². The molecule has 0 heterocycles. The predicted molar refractivity (Wildman–Crippen MR) is 91.2 cm³/mol. The van der Waals surface area contributed by atoms with Crippen LogP contribution in [0.2, 0.25) is 0 Å². The lowest BCUT2D eigenvalue weighted by Gasteiger charge is -2.31. The first-order valence-electron chi connectivity index (χ1n) is 7.78. The largest absolute Gasteiger partial charge is 0.378 e. The molecule has 0 saturated carbocycles. The summed E-state index contributed by atoms with van der Waals surface area (Å²) in [5, 5.41) is 3.73. The zero-order valence-electron chi connectivity index (χ0n) is 13.1. The highest BCUT2D eigenvalue weighted by atomic mass is 15.1. The molecule has 3 rings (SSSR count). The Balaban J connectivity index is 1.86. The zero-order chi connectivity index (χ0) is 14.8. The Morgan fingerprint density at radius 3 is 2.48 bits per heavy atom. The average Bonchev–Trinajstić information content (AvgIpc) is 2.51. The van der Waals surface area contributed by atoms with Crippen LogP contribution in [0.4, 0.5) is 11.4 Å². The van der Waals surface area contributed by atoms with E-state index in [1.54, 1.807) is 0 Å². The third-order valence-electron chi connectivity index (χ3n) is 4.49. The molecular formula is C19H24N2. The maximum Gasteiger partial charge on any atom is 0.0516 e. The highest BCUT2D eigenvalue weighted by Gasteiger charge is 2.24. The number of fused-ring (bicyclic) bond motifs is 1. The second kappa shape index (κ2) is 5.80. The fourth-order valence-corrected chi connectivity index (χ4v) is 3.23. The standard InChI is InChI=1S/C19H24N2/c1-14-11-12-19(18-10-5-4-9-17(14)18)20-15-7-6-8-16(13-15)21(2)3/h4-10,13-14,19-20H,11-12H2,1-3H3. The Morgan fingerprint density at radius 2 is 1.71 bits per heavy atom. The van der Waals surface area contributed by atoms with E-state index in [0.717, 1.165) is 0 Å². The Labute approximate surface area is 127 Å². The molecule has 2 unspecified atom stereocenters. The summed E-state index contributed by atoms with van der Waals surface area (Å²) in [6, 6.07) is 17.9. The number of hydrogen-bond donors (Lipinski definition) is 1. The molecule has 2 atom stereocenters. The van der Waals surface area contributed by atoms with Crippen LogP contribution in [0.15, 0.2) is 48.5 Å². The van der Waals surface area contributed by atoms with Crippen LogP contribution in [-0.2, 0) is 0 Å². The molecule has 2 heteroatoms. The fourth-order valence-electron chi connectivity index (χ4n) is 3.23. The molecule has 0 spiro atoms. The lowest BCUT2D eigenvalue weighted by atomic mass is 9.81. The second-order valence-electron chi connectivity index (χ2n) is 6.25. The third-order valence-corrected chi connectivity index (χ3v) is 4.49. The van der Waals surface area contributed by atoms with Crippen LogP contribution in [0, 0.1) is 0 Å². The molecule has 1 aliphatic rings. The molecule has 0 bridgehead atoms. The van der Waals surface area contributed by atoms with Gasteiger partial charge in [0, 0.05) is 25.5 Å². The summed E-state index contributed by atoms with van der Waals surface area (Å²) >= 11 is 0. The molecule has 2 aromatic rings. The quantitative estimate of drug-likeness (QED) is 0.868. The molecule has 1 N–H and O–H groups in total. The Morgan fingerprint density at radius 1 is 0.952 bits per heavy atom. The van der Waals surface area contributed by atoms with Gasteiger partial charge in [-0.15, -0.1) is 0 Å². The molecule has 110 valence electrons. The van der Waals surface area contributed by atoms with Crippen molar-refractivity contribution < 1.29 is 0 Å². The monoisotopic (exact) mass is 280 g/mol. The topological polar surface area (TPSA) is 15.3 Å². The lowest BCUT2D eigenvalue weighted by molar-refractivity contribution is 0.534. The molecule has 0 amide bonds. The van der Waals surface area contributed by atoms with Gasteiger partial charge in [-0.3, -0.25) is 0 Å². The van der Waals surface area contributed by atoms with Gasteiger partial charge in [-0.1, -0.05) is 37.3 Å². The van der Waals surface area contributed by atoms with E-state index in [0.29, 0.717) is 12.0 Å². The molecule has 0 aromatic heterocycles. The molecule has 0 aliphatic heterocycles. The molecular weight excluding hydrogens is 256 g/mol. The predicted octanol–water partition coefficient (Wildman–Crippen LogP) is 4.80. The van der Waals surface area contributed by atoms with Crippen molar-refractivity contribution >= 4 is 11.4 Å². The van der Waals surface area contributed by atoms with Crippen molar-refractivity contribution in [1.29, 1.82) is 0 Å². The summed E-state index contributed by atoms with van der Waals surface area (Å²) in [7, 11) is 4.16. The van der Waals surface area contributed by atoms with Crippen molar-refractivity contribution in [2.24, 2.45) is 0 Å². The first kappa shape index (κ1) is 14.0. The van der Waals surface area contributed by atoms with Crippen LogP contribution in [0.5, 0.6) is 0 Å². The average molecular weight is 280 g/mol. The molecule has 2 nitrogen and oxygen atoms in total. The summed E-state index contributed by atoms with van der Waals surface area (Å²) in [5.74, 6) is 0.673. The van der Waals surface area contributed by atoms with Gasteiger partial charge in [0.1, 0.15) is 0 Å². The number of benzene rings is 2. The lowest BCUT2D eigenvalue weighted by Crippen LogP contribution is -2.19. The van der Waals surface area contributed by atoms with Crippen LogP contribution < -0.4 is 10.2 Å². The van der Waals surface area contributed by atoms with Crippen LogP contribution in [0.3, 0.4) is 0 Å². The summed E-state index contributed by atoms with van der Waals surface area (Å²) in [5.41, 5.74) is 5.41. The number of nitrogens with zero attached hydrogens (tertiary/aromatic N) is 1. The van der Waals surface area contributed by atoms with Gasteiger partial charge >= 0.3 is 0 Å². The van der Waals surface area contributed by atoms with E-state index in [2.05, 4.69) is 79.8 Å². The van der Waals surface area contributed by atoms with Gasteiger partial charge in [0.15, 0.2) is 0 Å². The molecule has 0 saturated heterocycles. The minimum atomic E-state index is 0.426. The van der Waals surface area contributed by atoms with Gasteiger partial charge in [-0.2, -0.15) is 0 Å². The van der Waals surface area contributed by atoms with E-state index in [-0.39, 0.29) is 0 Å². The van der Waals surface area contributed by atoms with Crippen molar-refractivity contribution in [3.05, 3.63) is 59.7 Å². The van der Waals surface area contributed by atoms with E-state index >= 15 is 0 Å². The van der Waals surface area contributed by atoms with Crippen molar-refractivity contribution in [3.63, 3.8) is 0 Å². The number of nitrogens with one attached hydrogen (secondary N) is 1. The molecule has 1 aliphatic carbocycles. The van der Waals surface area contributed by atoms with E-state index in [1.807, 2.05) is 0 Å². The Bertz CT molecular complexity index is 618. The molecule has 0 fully saturated rings. The van der Waals surface area contributed by atoms with Crippen LogP contribution >= 0.6 is 0 Å². The normalized spacial score (nSPS) is 20.7. The van der Waals surface area contributed by atoms with E-state index in [1.165, 1.54) is 35.3 Å². The van der Waals surface area contributed by atoms with Crippen molar-refractivity contribution in [2.45, 2.75) is 31.7 Å². The highest BCUT2D eigenvalue weighted by Crippen LogP contribution is 2.38. The molecule has 21 heavy (non-hydrogen) atoms. The minimum absolute atomic E-state index is 0.426. The summed E-state index contributed by atoms with van der Waals surface area (Å²) in [6.45, 7) is 2.34. The summed E-state index contributed by atoms with van der Waals surface area (Å²) < 4.78 is 0. The van der Waals surface area contributed by atoms with Crippen molar-refractivity contribution in [2.75, 3.05) is 24.3 Å². The highest BCUT2D eigenvalue weighted by molar-refractivity contribution is 5.58. The number of rotatable bonds is 3. The smallest absolute Gasteiger partial charge is 0.0516 e. The molecule has 0 radical (unpaired) electrons. The van der Waals surface area contributed by atoms with E-state index in [4.69, 9.17) is 0 Å². The van der Waals surface area contributed by atoms with E-state index < -0.39 is 0 Å². The van der Waals surface area contributed by atoms with Crippen LogP contribution in [0.1, 0.15) is 42.9 Å². The van der Waals surface area contributed by atoms with E-state index in [9.17, 15) is 0 Å². The van der Waals surface area contributed by atoms with Gasteiger partial charge in [-0.05, 0) is 48.1 Å². The van der Waals surface area contributed by atoms with Gasteiger partial charge in [0.2, 0.25) is 0 Å². The van der Waals surface area contributed by atoms with Crippen LogP contribution in [-0.4, -0.2) is 14.1 Å². The van der Waals surface area contributed by atoms with Gasteiger partial charge in [0.05, 0.1) is 6.04 Å². The molecule has 2 aromatic carbocycles. The number of hydrogen-bond acceptors (Lipinski definition) is 2. The van der Waals surface area contributed by atoms with Gasteiger partial charge in [-0.25, -0.2) is 0 Å². The van der Waals surface area contributed by atoms with Gasteiger partial charge in [0.25, 0.3) is 0 Å². The summed E-state index contributed by atoms with van der Waals surface area (Å²) in [6.07, 6.45) is 2.45.